The zero-order valence-electron chi connectivity index (χ0n) is 10.0. The van der Waals surface area contributed by atoms with Gasteiger partial charge in [-0.1, -0.05) is 0 Å². The molecule has 7 heteroatoms. The molecule has 102 valence electrons. The van der Waals surface area contributed by atoms with Gasteiger partial charge in [0.05, 0.1) is 12.0 Å². The number of alkyl halides is 1. The average Bonchev–Trinajstić information content (AvgIpc) is 2.36. The van der Waals surface area contributed by atoms with E-state index in [1.54, 1.807) is 6.07 Å². The number of sulfonamides is 1. The summed E-state index contributed by atoms with van der Waals surface area (Å²) in [6.45, 7) is -1.23. The maximum atomic E-state index is 12.0. The molecule has 18 heavy (non-hydrogen) atoms. The second kappa shape index (κ2) is 6.67. The van der Waals surface area contributed by atoms with Gasteiger partial charge >= 0.3 is 0 Å². The molecule has 1 aromatic carbocycles. The number of nitrogens with one attached hydrogen (secondary N) is 1. The number of hydrogen-bond acceptors (Lipinski definition) is 4. The molecule has 0 bridgehead atoms. The summed E-state index contributed by atoms with van der Waals surface area (Å²) in [7, 11) is -2.29. The lowest BCUT2D eigenvalue weighted by atomic mass is 10.1. The second-order valence-electron chi connectivity index (χ2n) is 3.53. The Hall–Kier alpha value is -1.18. The Labute approximate surface area is 106 Å². The first-order valence-electron chi connectivity index (χ1n) is 5.38. The predicted molar refractivity (Wildman–Crippen MR) is 64.9 cm³/mol. The van der Waals surface area contributed by atoms with E-state index in [4.69, 9.17) is 9.84 Å². The third-order valence-corrected chi connectivity index (χ3v) is 3.89. The molecule has 0 unspecified atom stereocenters. The fourth-order valence-corrected chi connectivity index (χ4v) is 2.77. The molecular weight excluding hydrogens is 261 g/mol. The maximum absolute atomic E-state index is 12.0. The van der Waals surface area contributed by atoms with E-state index in [1.807, 2.05) is 0 Å². The zero-order chi connectivity index (χ0) is 13.6. The van der Waals surface area contributed by atoms with Crippen LogP contribution in [0.15, 0.2) is 23.1 Å². The summed E-state index contributed by atoms with van der Waals surface area (Å²) in [5.41, 5.74) is 0.434. The summed E-state index contributed by atoms with van der Waals surface area (Å²) in [5, 5.41) is 8.93. The number of methoxy groups -OCH3 is 1. The SMILES string of the molecule is COc1ccc(S(=O)(=O)NCCF)c(CCO)c1. The normalized spacial score (nSPS) is 11.5. The van der Waals surface area contributed by atoms with Crippen LogP contribution in [-0.2, 0) is 16.4 Å². The summed E-state index contributed by atoms with van der Waals surface area (Å²) in [6, 6.07) is 4.43. The summed E-state index contributed by atoms with van der Waals surface area (Å²) in [6.07, 6.45) is 0.184. The van der Waals surface area contributed by atoms with Gasteiger partial charge in [-0.25, -0.2) is 17.5 Å². The van der Waals surface area contributed by atoms with Crippen LogP contribution in [0.25, 0.3) is 0 Å². The quantitative estimate of drug-likeness (QED) is 0.760. The first kappa shape index (κ1) is 14.9. The highest BCUT2D eigenvalue weighted by atomic mass is 32.2. The molecule has 2 N–H and O–H groups in total. The standard InChI is InChI=1S/C11H16FNO4S/c1-17-10-2-3-11(9(8-10)4-7-14)18(15,16)13-6-5-12/h2-3,8,13-14H,4-7H2,1H3. The van der Waals surface area contributed by atoms with Gasteiger partial charge in [-0.3, -0.25) is 0 Å². The van der Waals surface area contributed by atoms with Crippen molar-refractivity contribution in [1.29, 1.82) is 0 Å². The lowest BCUT2D eigenvalue weighted by Crippen LogP contribution is -2.26. The van der Waals surface area contributed by atoms with E-state index < -0.39 is 16.7 Å². The monoisotopic (exact) mass is 277 g/mol. The highest BCUT2D eigenvalue weighted by molar-refractivity contribution is 7.89. The van der Waals surface area contributed by atoms with Crippen molar-refractivity contribution in [2.45, 2.75) is 11.3 Å². The van der Waals surface area contributed by atoms with Gasteiger partial charge in [-0.2, -0.15) is 0 Å². The fourth-order valence-electron chi connectivity index (χ4n) is 1.51. The van der Waals surface area contributed by atoms with Gasteiger partial charge in [0.25, 0.3) is 0 Å². The molecule has 1 rings (SSSR count). The van der Waals surface area contributed by atoms with Crippen LogP contribution in [-0.4, -0.2) is 40.5 Å². The van der Waals surface area contributed by atoms with Crippen LogP contribution in [0.5, 0.6) is 5.75 Å². The Kier molecular flexibility index (Phi) is 5.52. The van der Waals surface area contributed by atoms with Crippen LogP contribution in [0.4, 0.5) is 4.39 Å². The maximum Gasteiger partial charge on any atom is 0.240 e. The number of rotatable bonds is 7. The Morgan fingerprint density at radius 2 is 2.17 bits per heavy atom. The molecule has 0 aliphatic heterocycles. The second-order valence-corrected chi connectivity index (χ2v) is 5.27. The van der Waals surface area contributed by atoms with Gasteiger partial charge < -0.3 is 9.84 Å². The third-order valence-electron chi connectivity index (χ3n) is 2.32. The molecule has 0 aliphatic rings. The summed E-state index contributed by atoms with van der Waals surface area (Å²) in [4.78, 5) is 0.0331. The molecule has 0 radical (unpaired) electrons. The smallest absolute Gasteiger partial charge is 0.240 e. The number of aliphatic hydroxyl groups excluding tert-OH is 1. The molecule has 0 aliphatic carbocycles. The van der Waals surface area contributed by atoms with Crippen molar-refractivity contribution in [3.8, 4) is 5.75 Å². The van der Waals surface area contributed by atoms with E-state index in [1.165, 1.54) is 19.2 Å². The Bertz CT molecular complexity index is 490. The van der Waals surface area contributed by atoms with Gasteiger partial charge in [0, 0.05) is 13.2 Å². The summed E-state index contributed by atoms with van der Waals surface area (Å²) >= 11 is 0. The van der Waals surface area contributed by atoms with Gasteiger partial charge in [-0.05, 0) is 30.2 Å². The average molecular weight is 277 g/mol. The molecule has 0 heterocycles. The first-order valence-corrected chi connectivity index (χ1v) is 6.87. The highest BCUT2D eigenvalue weighted by Gasteiger charge is 2.18. The molecule has 0 aromatic heterocycles. The van der Waals surface area contributed by atoms with Crippen LogP contribution in [0.2, 0.25) is 0 Å². The first-order chi connectivity index (χ1) is 8.55. The van der Waals surface area contributed by atoms with Crippen molar-refractivity contribution in [3.63, 3.8) is 0 Å². The number of hydrogen-bond donors (Lipinski definition) is 2. The van der Waals surface area contributed by atoms with Crippen molar-refractivity contribution >= 4 is 10.0 Å². The van der Waals surface area contributed by atoms with Crippen LogP contribution >= 0.6 is 0 Å². The minimum absolute atomic E-state index is 0.0331. The number of benzene rings is 1. The van der Waals surface area contributed by atoms with Crippen molar-refractivity contribution in [1.82, 2.24) is 4.72 Å². The minimum atomic E-state index is -3.76. The van der Waals surface area contributed by atoms with Crippen LogP contribution < -0.4 is 9.46 Å². The third kappa shape index (κ3) is 3.66. The Morgan fingerprint density at radius 1 is 1.44 bits per heavy atom. The van der Waals surface area contributed by atoms with Crippen molar-refractivity contribution in [3.05, 3.63) is 23.8 Å². The molecule has 5 nitrogen and oxygen atoms in total. The topological polar surface area (TPSA) is 75.6 Å². The Balaban J connectivity index is 3.14. The van der Waals surface area contributed by atoms with Gasteiger partial charge in [-0.15, -0.1) is 0 Å². The van der Waals surface area contributed by atoms with E-state index in [-0.39, 0.29) is 24.5 Å². The summed E-state index contributed by atoms with van der Waals surface area (Å²) in [5.74, 6) is 0.503. The van der Waals surface area contributed by atoms with Gasteiger partial charge in [0.2, 0.25) is 10.0 Å². The van der Waals surface area contributed by atoms with Crippen LogP contribution in [0.1, 0.15) is 5.56 Å². The lowest BCUT2D eigenvalue weighted by Gasteiger charge is -2.11. The van der Waals surface area contributed by atoms with Crippen molar-refractivity contribution in [2.75, 3.05) is 26.9 Å². The largest absolute Gasteiger partial charge is 0.497 e. The van der Waals surface area contributed by atoms with E-state index in [9.17, 15) is 12.8 Å². The lowest BCUT2D eigenvalue weighted by molar-refractivity contribution is 0.298. The van der Waals surface area contributed by atoms with E-state index in [0.717, 1.165) is 0 Å². The molecule has 1 aromatic rings. The predicted octanol–water partition coefficient (Wildman–Crippen LogP) is 0.478. The minimum Gasteiger partial charge on any atom is -0.497 e. The molecule has 0 fully saturated rings. The van der Waals surface area contributed by atoms with Crippen LogP contribution in [0, 0.1) is 0 Å². The summed E-state index contributed by atoms with van der Waals surface area (Å²) < 4.78 is 42.9. The van der Waals surface area contributed by atoms with Gasteiger partial charge in [0.1, 0.15) is 12.4 Å². The Morgan fingerprint density at radius 3 is 2.72 bits per heavy atom. The fraction of sp³-hybridized carbons (Fsp3) is 0.455. The van der Waals surface area contributed by atoms with Crippen molar-refractivity contribution < 1.29 is 22.7 Å². The van der Waals surface area contributed by atoms with Crippen molar-refractivity contribution in [2.24, 2.45) is 0 Å². The van der Waals surface area contributed by atoms with E-state index in [2.05, 4.69) is 4.72 Å². The van der Waals surface area contributed by atoms with E-state index in [0.29, 0.717) is 11.3 Å². The molecule has 0 saturated carbocycles. The molecule has 0 saturated heterocycles. The molecule has 0 atom stereocenters. The number of ether oxygens (including phenoxy) is 1. The van der Waals surface area contributed by atoms with Gasteiger partial charge in [0.15, 0.2) is 0 Å². The van der Waals surface area contributed by atoms with E-state index >= 15 is 0 Å². The highest BCUT2D eigenvalue weighted by Crippen LogP contribution is 2.22. The zero-order valence-corrected chi connectivity index (χ0v) is 10.8. The molecular formula is C11H16FNO4S. The molecule has 0 amide bonds. The number of aliphatic hydroxyl groups is 1. The number of halogens is 1. The molecule has 0 spiro atoms. The van der Waals surface area contributed by atoms with Crippen LogP contribution in [0.3, 0.4) is 0 Å².